The van der Waals surface area contributed by atoms with E-state index in [9.17, 15) is 0 Å². The van der Waals surface area contributed by atoms with E-state index in [1.807, 2.05) is 24.3 Å². The Bertz CT molecular complexity index is 727. The number of benzene rings is 2. The molecule has 0 aromatic heterocycles. The van der Waals surface area contributed by atoms with E-state index in [1.165, 1.54) is 5.69 Å². The summed E-state index contributed by atoms with van der Waals surface area (Å²) >= 11 is 0. The smallest absolute Gasteiger partial charge is 0.163 e. The van der Waals surface area contributed by atoms with E-state index in [2.05, 4.69) is 28.4 Å². The Balaban J connectivity index is 1.36. The molecular weight excluding hydrogens is 316 g/mol. The lowest BCUT2D eigenvalue weighted by Crippen LogP contribution is -2.39. The number of hydrogen-bond donors (Lipinski definition) is 1. The fourth-order valence-electron chi connectivity index (χ4n) is 3.46. The van der Waals surface area contributed by atoms with Crippen LogP contribution in [0.2, 0.25) is 0 Å². The van der Waals surface area contributed by atoms with Crippen LogP contribution in [0.4, 0.5) is 11.4 Å². The second-order valence-electron chi connectivity index (χ2n) is 6.47. The molecule has 1 saturated heterocycles. The van der Waals surface area contributed by atoms with Gasteiger partial charge in [-0.25, -0.2) is 0 Å². The topological polar surface area (TPSA) is 43.0 Å². The van der Waals surface area contributed by atoms with Crippen molar-refractivity contribution in [2.45, 2.75) is 18.9 Å². The van der Waals surface area contributed by atoms with Gasteiger partial charge in [0.2, 0.25) is 0 Å². The molecule has 5 heteroatoms. The number of ether oxygens (including phenoxy) is 3. The van der Waals surface area contributed by atoms with Gasteiger partial charge < -0.3 is 24.4 Å². The SMILES string of the molecule is COc1cccc(NC2CCN(c3ccc4c(c3)OCCO4)CC2)c1. The summed E-state index contributed by atoms with van der Waals surface area (Å²) in [7, 11) is 1.70. The molecular formula is C20H24N2O3. The molecule has 0 radical (unpaired) electrons. The first-order chi connectivity index (χ1) is 12.3. The minimum atomic E-state index is 0.487. The molecule has 0 saturated carbocycles. The maximum atomic E-state index is 5.70. The van der Waals surface area contributed by atoms with Crippen LogP contribution in [0.15, 0.2) is 42.5 Å². The van der Waals surface area contributed by atoms with Crippen LogP contribution in [0.3, 0.4) is 0 Å². The van der Waals surface area contributed by atoms with Gasteiger partial charge in [0, 0.05) is 42.6 Å². The van der Waals surface area contributed by atoms with E-state index in [1.54, 1.807) is 7.11 Å². The summed E-state index contributed by atoms with van der Waals surface area (Å²) < 4.78 is 16.6. The molecule has 5 nitrogen and oxygen atoms in total. The molecule has 4 rings (SSSR count). The van der Waals surface area contributed by atoms with Crippen molar-refractivity contribution >= 4 is 11.4 Å². The molecule has 0 amide bonds. The van der Waals surface area contributed by atoms with Crippen LogP contribution in [-0.2, 0) is 0 Å². The first-order valence-corrected chi connectivity index (χ1v) is 8.87. The third-order valence-electron chi connectivity index (χ3n) is 4.83. The zero-order valence-electron chi connectivity index (χ0n) is 14.5. The Morgan fingerprint density at radius 2 is 1.80 bits per heavy atom. The van der Waals surface area contributed by atoms with Gasteiger partial charge in [-0.15, -0.1) is 0 Å². The van der Waals surface area contributed by atoms with Crippen LogP contribution in [0.25, 0.3) is 0 Å². The number of piperidine rings is 1. The number of hydrogen-bond acceptors (Lipinski definition) is 5. The van der Waals surface area contributed by atoms with Gasteiger partial charge in [-0.3, -0.25) is 0 Å². The number of anilines is 2. The van der Waals surface area contributed by atoms with Crippen molar-refractivity contribution in [1.29, 1.82) is 0 Å². The van der Waals surface area contributed by atoms with Crippen molar-refractivity contribution in [3.63, 3.8) is 0 Å². The maximum Gasteiger partial charge on any atom is 0.163 e. The van der Waals surface area contributed by atoms with Crippen LogP contribution in [0, 0.1) is 0 Å². The zero-order valence-corrected chi connectivity index (χ0v) is 14.5. The zero-order chi connectivity index (χ0) is 17.1. The predicted molar refractivity (Wildman–Crippen MR) is 99.3 cm³/mol. The van der Waals surface area contributed by atoms with Crippen LogP contribution >= 0.6 is 0 Å². The normalized spacial score (nSPS) is 17.2. The van der Waals surface area contributed by atoms with E-state index in [-0.39, 0.29) is 0 Å². The lowest BCUT2D eigenvalue weighted by atomic mass is 10.0. The highest BCUT2D eigenvalue weighted by atomic mass is 16.6. The molecule has 0 spiro atoms. The molecule has 2 aromatic rings. The molecule has 2 aliphatic rings. The van der Waals surface area contributed by atoms with Crippen molar-refractivity contribution in [2.75, 3.05) is 43.6 Å². The summed E-state index contributed by atoms with van der Waals surface area (Å²) in [5, 5.41) is 3.63. The molecule has 1 fully saturated rings. The van der Waals surface area contributed by atoms with Gasteiger partial charge in [-0.2, -0.15) is 0 Å². The highest BCUT2D eigenvalue weighted by molar-refractivity contribution is 5.57. The molecule has 1 N–H and O–H groups in total. The Kier molecular flexibility index (Phi) is 4.55. The van der Waals surface area contributed by atoms with E-state index >= 15 is 0 Å². The molecule has 2 aromatic carbocycles. The quantitative estimate of drug-likeness (QED) is 0.922. The first-order valence-electron chi connectivity index (χ1n) is 8.87. The molecule has 0 unspecified atom stereocenters. The van der Waals surface area contributed by atoms with Gasteiger partial charge in [-0.1, -0.05) is 6.07 Å². The van der Waals surface area contributed by atoms with Gasteiger partial charge in [0.15, 0.2) is 11.5 Å². The summed E-state index contributed by atoms with van der Waals surface area (Å²) in [6.45, 7) is 3.32. The summed E-state index contributed by atoms with van der Waals surface area (Å²) in [5.41, 5.74) is 2.33. The van der Waals surface area contributed by atoms with Crippen LogP contribution in [0.1, 0.15) is 12.8 Å². The van der Waals surface area contributed by atoms with Gasteiger partial charge in [0.05, 0.1) is 7.11 Å². The second kappa shape index (κ2) is 7.13. The van der Waals surface area contributed by atoms with E-state index in [4.69, 9.17) is 14.2 Å². The number of rotatable bonds is 4. The lowest BCUT2D eigenvalue weighted by molar-refractivity contribution is 0.171. The molecule has 0 aliphatic carbocycles. The van der Waals surface area contributed by atoms with E-state index in [0.717, 1.165) is 48.9 Å². The highest BCUT2D eigenvalue weighted by Crippen LogP contribution is 2.35. The standard InChI is InChI=1S/C20H24N2O3/c1-23-18-4-2-3-16(13-18)21-15-7-9-22(10-8-15)17-5-6-19-20(14-17)25-12-11-24-19/h2-6,13-15,21H,7-12H2,1H3. The average Bonchev–Trinajstić information content (AvgIpc) is 2.68. The summed E-state index contributed by atoms with van der Waals surface area (Å²) in [5.74, 6) is 2.60. The van der Waals surface area contributed by atoms with E-state index in [0.29, 0.717) is 19.3 Å². The van der Waals surface area contributed by atoms with Gasteiger partial charge >= 0.3 is 0 Å². The Morgan fingerprint density at radius 3 is 2.60 bits per heavy atom. The largest absolute Gasteiger partial charge is 0.497 e. The van der Waals surface area contributed by atoms with Gasteiger partial charge in [0.25, 0.3) is 0 Å². The summed E-state index contributed by atoms with van der Waals surface area (Å²) in [4.78, 5) is 2.42. The highest BCUT2D eigenvalue weighted by Gasteiger charge is 2.21. The average molecular weight is 340 g/mol. The van der Waals surface area contributed by atoms with Crippen molar-refractivity contribution in [3.8, 4) is 17.2 Å². The van der Waals surface area contributed by atoms with Crippen molar-refractivity contribution in [1.82, 2.24) is 0 Å². The lowest BCUT2D eigenvalue weighted by Gasteiger charge is -2.35. The molecule has 2 aliphatic heterocycles. The van der Waals surface area contributed by atoms with Crippen LogP contribution in [0.5, 0.6) is 17.2 Å². The first kappa shape index (κ1) is 15.9. The van der Waals surface area contributed by atoms with Gasteiger partial charge in [-0.05, 0) is 37.1 Å². The van der Waals surface area contributed by atoms with Crippen molar-refractivity contribution in [2.24, 2.45) is 0 Å². The minimum absolute atomic E-state index is 0.487. The van der Waals surface area contributed by atoms with Crippen molar-refractivity contribution in [3.05, 3.63) is 42.5 Å². The molecule has 25 heavy (non-hydrogen) atoms. The summed E-state index contributed by atoms with van der Waals surface area (Å²) in [6, 6.07) is 14.9. The Labute approximate surface area is 148 Å². The molecule has 2 heterocycles. The van der Waals surface area contributed by atoms with Crippen LogP contribution < -0.4 is 24.4 Å². The number of fused-ring (bicyclic) bond motifs is 1. The molecule has 0 bridgehead atoms. The fourth-order valence-corrected chi connectivity index (χ4v) is 3.46. The second-order valence-corrected chi connectivity index (χ2v) is 6.47. The summed E-state index contributed by atoms with van der Waals surface area (Å²) in [6.07, 6.45) is 2.21. The number of methoxy groups -OCH3 is 1. The monoisotopic (exact) mass is 340 g/mol. The Morgan fingerprint density at radius 1 is 1.00 bits per heavy atom. The molecule has 132 valence electrons. The third kappa shape index (κ3) is 3.60. The minimum Gasteiger partial charge on any atom is -0.497 e. The maximum absolute atomic E-state index is 5.70. The van der Waals surface area contributed by atoms with E-state index < -0.39 is 0 Å². The van der Waals surface area contributed by atoms with Crippen LogP contribution in [-0.4, -0.2) is 39.5 Å². The fraction of sp³-hybridized carbons (Fsp3) is 0.400. The number of nitrogens with zero attached hydrogens (tertiary/aromatic N) is 1. The third-order valence-corrected chi connectivity index (χ3v) is 4.83. The van der Waals surface area contributed by atoms with Crippen molar-refractivity contribution < 1.29 is 14.2 Å². The van der Waals surface area contributed by atoms with Gasteiger partial charge in [0.1, 0.15) is 19.0 Å². The predicted octanol–water partition coefficient (Wildman–Crippen LogP) is 3.55. The number of nitrogens with one attached hydrogen (secondary N) is 1. The Hall–Kier alpha value is -2.56. The molecule has 0 atom stereocenters.